The van der Waals surface area contributed by atoms with Gasteiger partial charge in [-0.1, -0.05) is 31.2 Å². The van der Waals surface area contributed by atoms with Crippen molar-refractivity contribution in [3.05, 3.63) is 29.3 Å². The number of ether oxygens (including phenoxy) is 1. The van der Waals surface area contributed by atoms with Crippen molar-refractivity contribution >= 4 is 18.5 Å². The van der Waals surface area contributed by atoms with Crippen LogP contribution in [-0.2, 0) is 6.42 Å². The smallest absolute Gasteiger partial charge is 0.410 e. The fourth-order valence-electron chi connectivity index (χ4n) is 4.13. The first kappa shape index (κ1) is 20.6. The van der Waals surface area contributed by atoms with Crippen molar-refractivity contribution in [3.8, 4) is 18.1 Å². The molecule has 4 nitrogen and oxygen atoms in total. The molecule has 3 rings (SSSR count). The minimum absolute atomic E-state index is 0. The standard InChI is InChI=1S/C21H28N2O2.ClH/c1-3-14-22-20-13-11-16-10-12-18(15-19(16)20)25-21(24)23(4-2)17-8-6-5-7-9-17;/h1,10,12,15,17,20,22H,4-9,11,13-14H2,2H3;1H. The van der Waals surface area contributed by atoms with Crippen molar-refractivity contribution in [2.45, 2.75) is 64.0 Å². The van der Waals surface area contributed by atoms with E-state index in [4.69, 9.17) is 11.2 Å². The Hall–Kier alpha value is -1.70. The summed E-state index contributed by atoms with van der Waals surface area (Å²) in [4.78, 5) is 14.5. The quantitative estimate of drug-likeness (QED) is 0.771. The van der Waals surface area contributed by atoms with Gasteiger partial charge in [-0.15, -0.1) is 18.8 Å². The molecule has 0 aromatic heterocycles. The number of fused-ring (bicyclic) bond motifs is 1. The van der Waals surface area contributed by atoms with Crippen molar-refractivity contribution < 1.29 is 9.53 Å². The van der Waals surface area contributed by atoms with E-state index in [0.29, 0.717) is 24.9 Å². The van der Waals surface area contributed by atoms with E-state index in [9.17, 15) is 4.79 Å². The highest BCUT2D eigenvalue weighted by atomic mass is 35.5. The van der Waals surface area contributed by atoms with E-state index in [2.05, 4.69) is 17.3 Å². The lowest BCUT2D eigenvalue weighted by Crippen LogP contribution is -2.42. The van der Waals surface area contributed by atoms with Crippen LogP contribution in [-0.4, -0.2) is 30.1 Å². The maximum absolute atomic E-state index is 12.7. The maximum atomic E-state index is 12.7. The molecule has 2 aliphatic rings. The van der Waals surface area contributed by atoms with Gasteiger partial charge in [0.15, 0.2) is 0 Å². The Morgan fingerprint density at radius 2 is 2.08 bits per heavy atom. The van der Waals surface area contributed by atoms with Gasteiger partial charge in [0.05, 0.1) is 6.54 Å². The minimum atomic E-state index is -0.222. The molecular formula is C21H29ClN2O2. The summed E-state index contributed by atoms with van der Waals surface area (Å²) in [6.45, 7) is 3.28. The summed E-state index contributed by atoms with van der Waals surface area (Å²) >= 11 is 0. The van der Waals surface area contributed by atoms with Gasteiger partial charge in [-0.3, -0.25) is 5.32 Å². The molecule has 0 spiro atoms. The Kier molecular flexibility index (Phi) is 7.81. The van der Waals surface area contributed by atoms with Crippen LogP contribution in [0, 0.1) is 12.3 Å². The monoisotopic (exact) mass is 376 g/mol. The topological polar surface area (TPSA) is 41.6 Å². The molecule has 1 aromatic carbocycles. The van der Waals surface area contributed by atoms with Crippen LogP contribution in [0.15, 0.2) is 18.2 Å². The second-order valence-corrected chi connectivity index (χ2v) is 6.98. The summed E-state index contributed by atoms with van der Waals surface area (Å²) in [6.07, 6.45) is 13.1. The van der Waals surface area contributed by atoms with E-state index in [1.54, 1.807) is 0 Å². The number of aryl methyl sites for hydroxylation is 1. The van der Waals surface area contributed by atoms with Crippen LogP contribution < -0.4 is 10.1 Å². The predicted octanol–water partition coefficient (Wildman–Crippen LogP) is 4.47. The van der Waals surface area contributed by atoms with Gasteiger partial charge >= 0.3 is 6.09 Å². The fraction of sp³-hybridized carbons (Fsp3) is 0.571. The number of benzene rings is 1. The highest BCUT2D eigenvalue weighted by Gasteiger charge is 2.27. The van der Waals surface area contributed by atoms with Crippen LogP contribution in [0.1, 0.15) is 62.6 Å². The lowest BCUT2D eigenvalue weighted by molar-refractivity contribution is 0.121. The number of nitrogens with zero attached hydrogens (tertiary/aromatic N) is 1. The third-order valence-electron chi connectivity index (χ3n) is 5.44. The van der Waals surface area contributed by atoms with Crippen LogP contribution in [0.25, 0.3) is 0 Å². The molecule has 1 saturated carbocycles. The van der Waals surface area contributed by atoms with Gasteiger partial charge in [0.25, 0.3) is 0 Å². The molecule has 1 unspecified atom stereocenters. The van der Waals surface area contributed by atoms with Crippen molar-refractivity contribution in [2.24, 2.45) is 0 Å². The van der Waals surface area contributed by atoms with Crippen molar-refractivity contribution in [2.75, 3.05) is 13.1 Å². The van der Waals surface area contributed by atoms with Crippen LogP contribution in [0.2, 0.25) is 0 Å². The highest BCUT2D eigenvalue weighted by Crippen LogP contribution is 2.34. The number of carbonyl (C=O) groups excluding carboxylic acids is 1. The van der Waals surface area contributed by atoms with E-state index in [1.807, 2.05) is 24.0 Å². The van der Waals surface area contributed by atoms with Crippen LogP contribution in [0.5, 0.6) is 5.75 Å². The summed E-state index contributed by atoms with van der Waals surface area (Å²) < 4.78 is 5.72. The molecule has 5 heteroatoms. The SMILES string of the molecule is C#CCNC1CCc2ccc(OC(=O)N(CC)C3CCCCC3)cc21.Cl. The van der Waals surface area contributed by atoms with E-state index >= 15 is 0 Å². The molecule has 1 atom stereocenters. The van der Waals surface area contributed by atoms with Gasteiger partial charge in [0.2, 0.25) is 0 Å². The Bertz CT molecular complexity index is 650. The molecule has 1 N–H and O–H groups in total. The average molecular weight is 377 g/mol. The zero-order valence-corrected chi connectivity index (χ0v) is 16.3. The Balaban J connectivity index is 0.00000243. The third-order valence-corrected chi connectivity index (χ3v) is 5.44. The molecule has 1 aromatic rings. The molecule has 0 heterocycles. The van der Waals surface area contributed by atoms with Gasteiger partial charge in [0.1, 0.15) is 5.75 Å². The molecule has 0 saturated heterocycles. The van der Waals surface area contributed by atoms with Gasteiger partial charge in [-0.2, -0.15) is 0 Å². The predicted molar refractivity (Wildman–Crippen MR) is 107 cm³/mol. The molecular weight excluding hydrogens is 348 g/mol. The Morgan fingerprint density at radius 1 is 1.31 bits per heavy atom. The number of nitrogens with one attached hydrogen (secondary N) is 1. The zero-order chi connectivity index (χ0) is 17.6. The molecule has 0 bridgehead atoms. The minimum Gasteiger partial charge on any atom is -0.410 e. The largest absolute Gasteiger partial charge is 0.415 e. The number of rotatable bonds is 5. The van der Waals surface area contributed by atoms with Crippen LogP contribution in [0.3, 0.4) is 0 Å². The summed E-state index contributed by atoms with van der Waals surface area (Å²) in [5.74, 6) is 3.26. The molecule has 0 aliphatic heterocycles. The van der Waals surface area contributed by atoms with E-state index in [0.717, 1.165) is 25.7 Å². The first-order chi connectivity index (χ1) is 12.2. The second-order valence-electron chi connectivity index (χ2n) is 6.98. The average Bonchev–Trinajstić information content (AvgIpc) is 3.04. The summed E-state index contributed by atoms with van der Waals surface area (Å²) in [7, 11) is 0. The molecule has 1 amide bonds. The number of hydrogen-bond donors (Lipinski definition) is 1. The molecule has 142 valence electrons. The number of hydrogen-bond acceptors (Lipinski definition) is 3. The lowest BCUT2D eigenvalue weighted by atomic mass is 9.94. The van der Waals surface area contributed by atoms with E-state index < -0.39 is 0 Å². The summed E-state index contributed by atoms with van der Waals surface area (Å²) in [6, 6.07) is 6.57. The van der Waals surface area contributed by atoms with E-state index in [-0.39, 0.29) is 24.5 Å². The number of terminal acetylenes is 1. The maximum Gasteiger partial charge on any atom is 0.415 e. The van der Waals surface area contributed by atoms with E-state index in [1.165, 1.54) is 30.4 Å². The first-order valence-electron chi connectivity index (χ1n) is 9.51. The summed E-state index contributed by atoms with van der Waals surface area (Å²) in [5, 5.41) is 3.37. The second kappa shape index (κ2) is 9.85. The van der Waals surface area contributed by atoms with Gasteiger partial charge < -0.3 is 9.64 Å². The van der Waals surface area contributed by atoms with Crippen molar-refractivity contribution in [3.63, 3.8) is 0 Å². The number of halogens is 1. The normalized spacial score (nSPS) is 19.2. The third kappa shape index (κ3) is 4.72. The Morgan fingerprint density at radius 3 is 2.77 bits per heavy atom. The number of amides is 1. The van der Waals surface area contributed by atoms with Crippen molar-refractivity contribution in [1.29, 1.82) is 0 Å². The van der Waals surface area contributed by atoms with Gasteiger partial charge in [-0.05, 0) is 55.9 Å². The fourth-order valence-corrected chi connectivity index (χ4v) is 4.13. The molecule has 26 heavy (non-hydrogen) atoms. The number of carbonyl (C=O) groups is 1. The highest BCUT2D eigenvalue weighted by molar-refractivity contribution is 5.85. The molecule has 2 aliphatic carbocycles. The van der Waals surface area contributed by atoms with Crippen molar-refractivity contribution in [1.82, 2.24) is 10.2 Å². The molecule has 0 radical (unpaired) electrons. The lowest BCUT2D eigenvalue weighted by Gasteiger charge is -2.32. The zero-order valence-electron chi connectivity index (χ0n) is 15.5. The van der Waals surface area contributed by atoms with Crippen LogP contribution in [0.4, 0.5) is 4.79 Å². The molecule has 1 fully saturated rings. The van der Waals surface area contributed by atoms with Gasteiger partial charge in [-0.25, -0.2) is 4.79 Å². The van der Waals surface area contributed by atoms with Crippen LogP contribution >= 0.6 is 12.4 Å². The van der Waals surface area contributed by atoms with Gasteiger partial charge in [0, 0.05) is 18.6 Å². The Labute approximate surface area is 163 Å². The first-order valence-corrected chi connectivity index (χ1v) is 9.51. The summed E-state index contributed by atoms with van der Waals surface area (Å²) in [5.41, 5.74) is 2.52.